The minimum absolute atomic E-state index is 0.0574. The summed E-state index contributed by atoms with van der Waals surface area (Å²) in [5, 5.41) is 10.1. The van der Waals surface area contributed by atoms with E-state index in [4.69, 9.17) is 9.90 Å². The third-order valence-electron chi connectivity index (χ3n) is 4.71. The van der Waals surface area contributed by atoms with Gasteiger partial charge in [-0.1, -0.05) is 0 Å². The maximum atomic E-state index is 11.9. The summed E-state index contributed by atoms with van der Waals surface area (Å²) in [4.78, 5) is 27.5. The van der Waals surface area contributed by atoms with E-state index in [9.17, 15) is 18.0 Å². The molecule has 2 aliphatic rings. The van der Waals surface area contributed by atoms with Gasteiger partial charge in [-0.25, -0.2) is 9.78 Å². The number of hydrogen-bond acceptors (Lipinski definition) is 4. The number of nitrogens with one attached hydrogen (secondary N) is 1. The minimum Gasteiger partial charge on any atom is -0.475 e. The molecular formula is C15H21F3N4O3. The fourth-order valence-electron chi connectivity index (χ4n) is 3.08. The predicted octanol–water partition coefficient (Wildman–Crippen LogP) is 1.16. The molecule has 2 fully saturated rings. The van der Waals surface area contributed by atoms with Crippen LogP contribution in [0.4, 0.5) is 13.2 Å². The fourth-order valence-corrected chi connectivity index (χ4v) is 3.08. The first-order valence-electron chi connectivity index (χ1n) is 7.91. The molecule has 2 N–H and O–H groups in total. The quantitative estimate of drug-likeness (QED) is 0.824. The molecule has 10 heteroatoms. The maximum absolute atomic E-state index is 11.9. The monoisotopic (exact) mass is 362 g/mol. The van der Waals surface area contributed by atoms with Crippen LogP contribution < -0.4 is 5.32 Å². The number of aryl methyl sites for hydroxylation is 1. The van der Waals surface area contributed by atoms with Crippen molar-refractivity contribution >= 4 is 11.9 Å². The average molecular weight is 362 g/mol. The van der Waals surface area contributed by atoms with Gasteiger partial charge in [-0.2, -0.15) is 13.2 Å². The van der Waals surface area contributed by atoms with Crippen LogP contribution in [0.2, 0.25) is 0 Å². The summed E-state index contributed by atoms with van der Waals surface area (Å²) in [6.07, 6.45) is 1.73. The Hall–Kier alpha value is -2.10. The van der Waals surface area contributed by atoms with E-state index in [-0.39, 0.29) is 11.3 Å². The molecule has 3 heterocycles. The van der Waals surface area contributed by atoms with Crippen LogP contribution in [0.5, 0.6) is 0 Å². The van der Waals surface area contributed by atoms with Gasteiger partial charge in [0.05, 0.1) is 12.0 Å². The second kappa shape index (κ2) is 7.42. The summed E-state index contributed by atoms with van der Waals surface area (Å²) in [6, 6.07) is 0. The van der Waals surface area contributed by atoms with Crippen LogP contribution in [-0.4, -0.2) is 57.2 Å². The number of alkyl halides is 3. The van der Waals surface area contributed by atoms with Crippen LogP contribution in [0.15, 0.2) is 12.4 Å². The first kappa shape index (κ1) is 19.2. The summed E-state index contributed by atoms with van der Waals surface area (Å²) >= 11 is 0. The molecule has 0 aliphatic carbocycles. The van der Waals surface area contributed by atoms with E-state index in [1.165, 1.54) is 0 Å². The van der Waals surface area contributed by atoms with Crippen molar-refractivity contribution in [2.45, 2.75) is 32.0 Å². The van der Waals surface area contributed by atoms with E-state index in [0.29, 0.717) is 0 Å². The van der Waals surface area contributed by atoms with E-state index < -0.39 is 12.1 Å². The van der Waals surface area contributed by atoms with Gasteiger partial charge in [0.25, 0.3) is 0 Å². The van der Waals surface area contributed by atoms with Crippen LogP contribution in [0.25, 0.3) is 0 Å². The van der Waals surface area contributed by atoms with Crippen LogP contribution in [-0.2, 0) is 23.2 Å². The second-order valence-electron chi connectivity index (χ2n) is 6.32. The van der Waals surface area contributed by atoms with Gasteiger partial charge in [-0.05, 0) is 32.4 Å². The lowest BCUT2D eigenvalue weighted by atomic mass is 9.77. The first-order chi connectivity index (χ1) is 11.6. The number of rotatable bonds is 2. The van der Waals surface area contributed by atoms with E-state index in [1.807, 2.05) is 19.4 Å². The number of imidazole rings is 1. The lowest BCUT2D eigenvalue weighted by Crippen LogP contribution is -2.43. The molecule has 2 aliphatic heterocycles. The number of amides is 1. The van der Waals surface area contributed by atoms with Crippen LogP contribution in [0, 0.1) is 5.41 Å². The molecule has 0 bridgehead atoms. The number of carboxylic acid groups (broad SMARTS) is 1. The molecule has 3 rings (SSSR count). The Bertz CT molecular complexity index is 622. The topological polar surface area (TPSA) is 87.5 Å². The Morgan fingerprint density at radius 3 is 2.36 bits per heavy atom. The molecule has 0 unspecified atom stereocenters. The Balaban J connectivity index is 0.000000277. The minimum atomic E-state index is -5.08. The van der Waals surface area contributed by atoms with Gasteiger partial charge < -0.3 is 15.0 Å². The van der Waals surface area contributed by atoms with Crippen LogP contribution in [0.3, 0.4) is 0 Å². The molecule has 0 atom stereocenters. The Kier molecular flexibility index (Phi) is 5.71. The summed E-state index contributed by atoms with van der Waals surface area (Å²) < 4.78 is 33.8. The number of piperidine rings is 1. The highest BCUT2D eigenvalue weighted by Gasteiger charge is 2.44. The average Bonchev–Trinajstić information content (AvgIpc) is 3.09. The lowest BCUT2D eigenvalue weighted by Gasteiger charge is -2.37. The van der Waals surface area contributed by atoms with Gasteiger partial charge in [0.1, 0.15) is 5.82 Å². The van der Waals surface area contributed by atoms with Gasteiger partial charge in [0.15, 0.2) is 0 Å². The zero-order valence-corrected chi connectivity index (χ0v) is 13.8. The molecular weight excluding hydrogens is 341 g/mol. The molecule has 0 aromatic carbocycles. The summed E-state index contributed by atoms with van der Waals surface area (Å²) in [5.41, 5.74) is -0.0574. The van der Waals surface area contributed by atoms with Crippen molar-refractivity contribution in [1.29, 1.82) is 0 Å². The smallest absolute Gasteiger partial charge is 0.475 e. The van der Waals surface area contributed by atoms with Gasteiger partial charge in [-0.15, -0.1) is 0 Å². The second-order valence-corrected chi connectivity index (χ2v) is 6.32. The summed E-state index contributed by atoms with van der Waals surface area (Å²) in [7, 11) is 2.03. The Morgan fingerprint density at radius 2 is 1.96 bits per heavy atom. The van der Waals surface area contributed by atoms with Gasteiger partial charge in [-0.3, -0.25) is 9.69 Å². The van der Waals surface area contributed by atoms with E-state index >= 15 is 0 Å². The molecule has 1 aromatic rings. The fraction of sp³-hybridized carbons (Fsp3) is 0.667. The van der Waals surface area contributed by atoms with Crippen LogP contribution >= 0.6 is 0 Å². The zero-order chi connectivity index (χ0) is 18.7. The van der Waals surface area contributed by atoms with Crippen molar-refractivity contribution < 1.29 is 27.9 Å². The normalized spacial score (nSPS) is 20.1. The maximum Gasteiger partial charge on any atom is 0.490 e. The van der Waals surface area contributed by atoms with E-state index in [0.717, 1.165) is 51.3 Å². The number of nitrogens with zero attached hydrogens (tertiary/aromatic N) is 3. The molecule has 0 saturated carbocycles. The van der Waals surface area contributed by atoms with Crippen molar-refractivity contribution in [2.75, 3.05) is 19.6 Å². The predicted molar refractivity (Wildman–Crippen MR) is 81.5 cm³/mol. The highest BCUT2D eigenvalue weighted by atomic mass is 19.4. The molecule has 1 aromatic heterocycles. The number of likely N-dealkylation sites (tertiary alicyclic amines) is 1. The van der Waals surface area contributed by atoms with Crippen molar-refractivity contribution in [3.05, 3.63) is 18.2 Å². The number of halogens is 3. The highest BCUT2D eigenvalue weighted by molar-refractivity contribution is 5.84. The number of aliphatic carboxylic acids is 1. The SMILES string of the molecule is Cn1ccnc1CN1CCC2(CCNC2=O)CC1.O=C(O)C(F)(F)F. The molecule has 2 saturated heterocycles. The Labute approximate surface area is 142 Å². The van der Waals surface area contributed by atoms with Crippen molar-refractivity contribution in [2.24, 2.45) is 12.5 Å². The van der Waals surface area contributed by atoms with Crippen molar-refractivity contribution in [3.8, 4) is 0 Å². The molecule has 1 amide bonds. The number of carboxylic acids is 1. The third kappa shape index (κ3) is 4.71. The number of carbonyl (C=O) groups excluding carboxylic acids is 1. The molecule has 7 nitrogen and oxygen atoms in total. The number of hydrogen-bond donors (Lipinski definition) is 2. The van der Waals surface area contributed by atoms with Gasteiger partial charge >= 0.3 is 12.1 Å². The largest absolute Gasteiger partial charge is 0.490 e. The third-order valence-corrected chi connectivity index (χ3v) is 4.71. The van der Waals surface area contributed by atoms with E-state index in [2.05, 4.69) is 19.8 Å². The number of carbonyl (C=O) groups is 2. The lowest BCUT2D eigenvalue weighted by molar-refractivity contribution is -0.192. The molecule has 0 radical (unpaired) electrons. The number of aromatic nitrogens is 2. The molecule has 25 heavy (non-hydrogen) atoms. The molecule has 1 spiro atoms. The highest BCUT2D eigenvalue weighted by Crippen LogP contribution is 2.38. The zero-order valence-electron chi connectivity index (χ0n) is 13.8. The van der Waals surface area contributed by atoms with E-state index in [1.54, 1.807) is 0 Å². The van der Waals surface area contributed by atoms with Crippen molar-refractivity contribution in [3.63, 3.8) is 0 Å². The Morgan fingerprint density at radius 1 is 1.36 bits per heavy atom. The van der Waals surface area contributed by atoms with Gasteiger partial charge in [0, 0.05) is 26.0 Å². The van der Waals surface area contributed by atoms with Crippen LogP contribution in [0.1, 0.15) is 25.1 Å². The summed E-state index contributed by atoms with van der Waals surface area (Å²) in [5.74, 6) is -1.38. The van der Waals surface area contributed by atoms with Crippen molar-refractivity contribution in [1.82, 2.24) is 19.8 Å². The standard InChI is InChI=1S/C13H20N4O.C2HF3O2/c1-16-9-6-14-11(16)10-17-7-3-13(4-8-17)2-5-15-12(13)18;3-2(4,5)1(6)7/h6,9H,2-5,7-8,10H2,1H3,(H,15,18);(H,6,7). The first-order valence-corrected chi connectivity index (χ1v) is 7.91. The van der Waals surface area contributed by atoms with Gasteiger partial charge in [0.2, 0.25) is 5.91 Å². The summed E-state index contributed by atoms with van der Waals surface area (Å²) in [6.45, 7) is 3.75. The molecule has 140 valence electrons.